The van der Waals surface area contributed by atoms with Gasteiger partial charge in [-0.1, -0.05) is 19.9 Å². The molecule has 7 heteroatoms. The van der Waals surface area contributed by atoms with Crippen LogP contribution in [0, 0.1) is 27.4 Å². The lowest BCUT2D eigenvalue weighted by Crippen LogP contribution is -2.08. The minimum atomic E-state index is -0.464. The molecule has 0 heterocycles. The second kappa shape index (κ2) is 9.33. The van der Waals surface area contributed by atoms with Crippen LogP contribution in [-0.4, -0.2) is 17.8 Å². The first-order chi connectivity index (χ1) is 13.3. The zero-order valence-corrected chi connectivity index (χ0v) is 15.8. The van der Waals surface area contributed by atoms with Gasteiger partial charge in [-0.3, -0.25) is 14.9 Å². The molecule has 2 rings (SSSR count). The summed E-state index contributed by atoms with van der Waals surface area (Å²) in [5.74, 6) is 0.422. The number of non-ortho nitro benzene ring substituents is 1. The minimum Gasteiger partial charge on any atom is -0.493 e. The SMILES string of the molecule is COc1ccc(/C=C(\C#N)C(=O)C(C)C)cc1OCc1ccc([N+](=O)[O-])cc1. The average molecular weight is 380 g/mol. The second-order valence-corrected chi connectivity index (χ2v) is 6.31. The Morgan fingerprint density at radius 2 is 1.89 bits per heavy atom. The minimum absolute atomic E-state index is 0.00678. The molecule has 0 fully saturated rings. The number of carbonyl (C=O) groups excluding carboxylic acids is 1. The molecule has 0 radical (unpaired) electrons. The highest BCUT2D eigenvalue weighted by Crippen LogP contribution is 2.30. The molecular formula is C21H20N2O5. The summed E-state index contributed by atoms with van der Waals surface area (Å²) in [5, 5.41) is 20.0. The lowest BCUT2D eigenvalue weighted by Gasteiger charge is -2.12. The van der Waals surface area contributed by atoms with Crippen LogP contribution in [0.15, 0.2) is 48.0 Å². The molecule has 2 aromatic carbocycles. The molecule has 0 N–H and O–H groups in total. The summed E-state index contributed by atoms with van der Waals surface area (Å²) in [4.78, 5) is 22.3. The molecule has 0 aliphatic rings. The first kappa shape index (κ1) is 20.6. The van der Waals surface area contributed by atoms with Crippen molar-refractivity contribution >= 4 is 17.5 Å². The second-order valence-electron chi connectivity index (χ2n) is 6.31. The Kier molecular flexibility index (Phi) is 6.88. The summed E-state index contributed by atoms with van der Waals surface area (Å²) in [6.45, 7) is 3.65. The summed E-state index contributed by atoms with van der Waals surface area (Å²) in [5.41, 5.74) is 1.46. The number of carbonyl (C=O) groups is 1. The van der Waals surface area contributed by atoms with Crippen LogP contribution in [0.5, 0.6) is 11.5 Å². The Balaban J connectivity index is 2.24. The van der Waals surface area contributed by atoms with E-state index in [1.54, 1.807) is 44.2 Å². The van der Waals surface area contributed by atoms with Gasteiger partial charge >= 0.3 is 0 Å². The molecule has 0 spiro atoms. The van der Waals surface area contributed by atoms with E-state index in [2.05, 4.69) is 0 Å². The Morgan fingerprint density at radius 1 is 1.21 bits per heavy atom. The molecule has 0 atom stereocenters. The molecule has 144 valence electrons. The highest BCUT2D eigenvalue weighted by atomic mass is 16.6. The van der Waals surface area contributed by atoms with Crippen LogP contribution in [0.4, 0.5) is 5.69 Å². The van der Waals surface area contributed by atoms with E-state index >= 15 is 0 Å². The van der Waals surface area contributed by atoms with Crippen molar-refractivity contribution in [2.45, 2.75) is 20.5 Å². The summed E-state index contributed by atoms with van der Waals surface area (Å²) in [6, 6.07) is 13.1. The standard InChI is InChI=1S/C21H20N2O5/c1-14(2)21(24)17(12-22)10-16-6-9-19(27-3)20(11-16)28-13-15-4-7-18(8-5-15)23(25)26/h4-11,14H,13H2,1-3H3/b17-10+. The van der Waals surface area contributed by atoms with Gasteiger partial charge in [0.05, 0.1) is 17.6 Å². The zero-order valence-electron chi connectivity index (χ0n) is 15.8. The van der Waals surface area contributed by atoms with Crippen molar-refractivity contribution < 1.29 is 19.2 Å². The number of methoxy groups -OCH3 is 1. The number of nitriles is 1. The van der Waals surface area contributed by atoms with Crippen LogP contribution in [0.2, 0.25) is 0 Å². The first-order valence-corrected chi connectivity index (χ1v) is 8.56. The number of allylic oxidation sites excluding steroid dienone is 1. The molecule has 0 bridgehead atoms. The third kappa shape index (κ3) is 5.17. The van der Waals surface area contributed by atoms with Crippen LogP contribution in [0.3, 0.4) is 0 Å². The third-order valence-corrected chi connectivity index (χ3v) is 3.95. The molecule has 2 aromatic rings. The largest absolute Gasteiger partial charge is 0.493 e. The van der Waals surface area contributed by atoms with Gasteiger partial charge in [0.25, 0.3) is 5.69 Å². The van der Waals surface area contributed by atoms with E-state index in [4.69, 9.17) is 9.47 Å². The monoisotopic (exact) mass is 380 g/mol. The molecule has 0 amide bonds. The summed E-state index contributed by atoms with van der Waals surface area (Å²) in [6.07, 6.45) is 1.51. The van der Waals surface area contributed by atoms with E-state index in [1.807, 2.05) is 6.07 Å². The fourth-order valence-electron chi connectivity index (χ4n) is 2.41. The number of rotatable bonds is 8. The van der Waals surface area contributed by atoms with Crippen molar-refractivity contribution in [2.75, 3.05) is 7.11 Å². The van der Waals surface area contributed by atoms with Crippen molar-refractivity contribution in [3.63, 3.8) is 0 Å². The number of Topliss-reactive ketones (excluding diaryl/α,β-unsaturated/α-hetero) is 1. The summed E-state index contributed by atoms with van der Waals surface area (Å²) < 4.78 is 11.1. The van der Waals surface area contributed by atoms with Gasteiger partial charge in [0.1, 0.15) is 12.7 Å². The molecule has 0 unspecified atom stereocenters. The van der Waals surface area contributed by atoms with E-state index in [1.165, 1.54) is 25.3 Å². The van der Waals surface area contributed by atoms with Gasteiger partial charge < -0.3 is 9.47 Å². The Hall–Kier alpha value is -3.66. The molecule has 0 saturated heterocycles. The van der Waals surface area contributed by atoms with Crippen LogP contribution in [-0.2, 0) is 11.4 Å². The van der Waals surface area contributed by atoms with Crippen LogP contribution >= 0.6 is 0 Å². The lowest BCUT2D eigenvalue weighted by atomic mass is 10.00. The van der Waals surface area contributed by atoms with Crippen LogP contribution in [0.25, 0.3) is 6.08 Å². The first-order valence-electron chi connectivity index (χ1n) is 8.56. The predicted octanol–water partition coefficient (Wildman–Crippen LogP) is 4.31. The number of benzene rings is 2. The smallest absolute Gasteiger partial charge is 0.269 e. The normalized spacial score (nSPS) is 11.0. The molecule has 0 aliphatic heterocycles. The average Bonchev–Trinajstić information content (AvgIpc) is 2.70. The quantitative estimate of drug-likeness (QED) is 0.292. The maximum absolute atomic E-state index is 12.1. The highest BCUT2D eigenvalue weighted by Gasteiger charge is 2.14. The van der Waals surface area contributed by atoms with E-state index in [-0.39, 0.29) is 29.6 Å². The van der Waals surface area contributed by atoms with Gasteiger partial charge in [0.15, 0.2) is 17.3 Å². The molecule has 0 aliphatic carbocycles. The summed E-state index contributed by atoms with van der Waals surface area (Å²) in [7, 11) is 1.51. The van der Waals surface area contributed by atoms with Crippen molar-refractivity contribution in [1.29, 1.82) is 5.26 Å². The Bertz CT molecular complexity index is 940. The van der Waals surface area contributed by atoms with Crippen molar-refractivity contribution in [3.8, 4) is 17.6 Å². The zero-order chi connectivity index (χ0) is 20.7. The van der Waals surface area contributed by atoms with E-state index in [0.717, 1.165) is 5.56 Å². The van der Waals surface area contributed by atoms with E-state index in [0.29, 0.717) is 17.1 Å². The number of nitrogens with zero attached hydrogens (tertiary/aromatic N) is 2. The maximum atomic E-state index is 12.1. The third-order valence-electron chi connectivity index (χ3n) is 3.95. The molecule has 0 saturated carbocycles. The summed E-state index contributed by atoms with van der Waals surface area (Å²) >= 11 is 0. The fourth-order valence-corrected chi connectivity index (χ4v) is 2.41. The van der Waals surface area contributed by atoms with Gasteiger partial charge in [-0.15, -0.1) is 0 Å². The van der Waals surface area contributed by atoms with Crippen LogP contribution in [0.1, 0.15) is 25.0 Å². The molecule has 7 nitrogen and oxygen atoms in total. The molecular weight excluding hydrogens is 360 g/mol. The Morgan fingerprint density at radius 3 is 2.43 bits per heavy atom. The highest BCUT2D eigenvalue weighted by molar-refractivity contribution is 6.04. The number of ketones is 1. The fraction of sp³-hybridized carbons (Fsp3) is 0.238. The predicted molar refractivity (Wildman–Crippen MR) is 104 cm³/mol. The van der Waals surface area contributed by atoms with Crippen molar-refractivity contribution in [1.82, 2.24) is 0 Å². The van der Waals surface area contributed by atoms with Crippen LogP contribution < -0.4 is 9.47 Å². The van der Waals surface area contributed by atoms with Gasteiger partial charge in [-0.25, -0.2) is 0 Å². The Labute approximate surface area is 163 Å². The number of ether oxygens (including phenoxy) is 2. The number of nitro benzene ring substituents is 1. The van der Waals surface area contributed by atoms with E-state index < -0.39 is 4.92 Å². The van der Waals surface area contributed by atoms with Gasteiger partial charge in [-0.05, 0) is 41.5 Å². The molecule has 28 heavy (non-hydrogen) atoms. The van der Waals surface area contributed by atoms with Crippen molar-refractivity contribution in [3.05, 3.63) is 69.3 Å². The number of hydrogen-bond acceptors (Lipinski definition) is 6. The van der Waals surface area contributed by atoms with Crippen molar-refractivity contribution in [2.24, 2.45) is 5.92 Å². The van der Waals surface area contributed by atoms with E-state index in [9.17, 15) is 20.2 Å². The number of nitro groups is 1. The van der Waals surface area contributed by atoms with Gasteiger partial charge in [-0.2, -0.15) is 5.26 Å². The maximum Gasteiger partial charge on any atom is 0.269 e. The molecule has 0 aromatic heterocycles. The lowest BCUT2D eigenvalue weighted by molar-refractivity contribution is -0.384. The number of hydrogen-bond donors (Lipinski definition) is 0. The van der Waals surface area contributed by atoms with Gasteiger partial charge in [0, 0.05) is 18.1 Å². The topological polar surface area (TPSA) is 102 Å². The van der Waals surface area contributed by atoms with Gasteiger partial charge in [0.2, 0.25) is 0 Å².